The highest BCUT2D eigenvalue weighted by molar-refractivity contribution is 5.81. The van der Waals surface area contributed by atoms with Gasteiger partial charge in [0, 0.05) is 19.6 Å². The minimum Gasteiger partial charge on any atom is -0.393 e. The molecule has 4 heteroatoms. The molecule has 0 aromatic rings. The lowest BCUT2D eigenvalue weighted by Crippen LogP contribution is -2.46. The maximum atomic E-state index is 12.0. The van der Waals surface area contributed by atoms with Crippen LogP contribution in [0.2, 0.25) is 0 Å². The van der Waals surface area contributed by atoms with Crippen LogP contribution in [0.4, 0.5) is 0 Å². The molecule has 0 bridgehead atoms. The summed E-state index contributed by atoms with van der Waals surface area (Å²) in [6.07, 6.45) is 0.394. The number of aliphatic hydroxyl groups excluding tert-OH is 1. The molecule has 0 spiro atoms. The number of hydrogen-bond acceptors (Lipinski definition) is 3. The molecule has 0 heterocycles. The van der Waals surface area contributed by atoms with Gasteiger partial charge in [0.15, 0.2) is 0 Å². The van der Waals surface area contributed by atoms with E-state index in [0.29, 0.717) is 6.42 Å². The Morgan fingerprint density at radius 1 is 1.25 bits per heavy atom. The Hall–Kier alpha value is -0.610. The Balaban J connectivity index is 4.20. The van der Waals surface area contributed by atoms with E-state index in [1.807, 2.05) is 37.6 Å². The maximum absolute atomic E-state index is 12.0. The van der Waals surface area contributed by atoms with Crippen LogP contribution in [0.1, 0.15) is 34.1 Å². The molecule has 0 aromatic carbocycles. The fraction of sp³-hybridized carbons (Fsp3) is 0.917. The van der Waals surface area contributed by atoms with E-state index in [-0.39, 0.29) is 18.1 Å². The van der Waals surface area contributed by atoms with Crippen molar-refractivity contribution < 1.29 is 9.90 Å². The average molecular weight is 230 g/mol. The fourth-order valence-corrected chi connectivity index (χ4v) is 1.57. The first kappa shape index (κ1) is 15.4. The molecule has 96 valence electrons. The highest BCUT2D eigenvalue weighted by Gasteiger charge is 2.21. The smallest absolute Gasteiger partial charge is 0.239 e. The largest absolute Gasteiger partial charge is 0.393 e. The Kier molecular flexibility index (Phi) is 7.34. The molecular weight excluding hydrogens is 204 g/mol. The summed E-state index contributed by atoms with van der Waals surface area (Å²) in [5.41, 5.74) is 0. The lowest BCUT2D eigenvalue weighted by Gasteiger charge is -2.29. The second-order valence-corrected chi connectivity index (χ2v) is 4.30. The van der Waals surface area contributed by atoms with E-state index in [1.165, 1.54) is 0 Å². The van der Waals surface area contributed by atoms with Crippen LogP contribution in [0, 0.1) is 0 Å². The summed E-state index contributed by atoms with van der Waals surface area (Å²) in [6, 6.07) is -0.112. The Morgan fingerprint density at radius 2 is 1.75 bits per heavy atom. The number of likely N-dealkylation sites (N-methyl/N-ethyl adjacent to an activating group) is 2. The molecule has 2 atom stereocenters. The fourth-order valence-electron chi connectivity index (χ4n) is 1.57. The first-order valence-electron chi connectivity index (χ1n) is 6.11. The van der Waals surface area contributed by atoms with Gasteiger partial charge >= 0.3 is 0 Å². The van der Waals surface area contributed by atoms with Crippen molar-refractivity contribution in [2.75, 3.05) is 26.7 Å². The molecule has 0 aromatic heterocycles. The van der Waals surface area contributed by atoms with E-state index in [1.54, 1.807) is 6.92 Å². The van der Waals surface area contributed by atoms with Crippen LogP contribution in [0.25, 0.3) is 0 Å². The zero-order valence-corrected chi connectivity index (χ0v) is 11.2. The molecule has 0 fully saturated rings. The standard InChI is InChI=1S/C12H26N2O2/c1-6-14(7-2)12(16)11(4)13(5)9-8-10(3)15/h10-11,15H,6-9H2,1-5H3. The first-order valence-corrected chi connectivity index (χ1v) is 6.11. The van der Waals surface area contributed by atoms with Gasteiger partial charge in [0.2, 0.25) is 5.91 Å². The number of nitrogens with zero attached hydrogens (tertiary/aromatic N) is 2. The third kappa shape index (κ3) is 4.94. The number of carbonyl (C=O) groups is 1. The van der Waals surface area contributed by atoms with E-state index >= 15 is 0 Å². The average Bonchev–Trinajstić information content (AvgIpc) is 2.26. The Bertz CT molecular complexity index is 203. The summed E-state index contributed by atoms with van der Waals surface area (Å²) in [4.78, 5) is 15.8. The quantitative estimate of drug-likeness (QED) is 0.708. The minimum absolute atomic E-state index is 0.112. The van der Waals surface area contributed by atoms with Crippen molar-refractivity contribution in [3.05, 3.63) is 0 Å². The van der Waals surface area contributed by atoms with E-state index in [9.17, 15) is 9.90 Å². The summed E-state index contributed by atoms with van der Waals surface area (Å²) in [7, 11) is 1.93. The molecular formula is C12H26N2O2. The van der Waals surface area contributed by atoms with Gasteiger partial charge in [0.05, 0.1) is 12.1 Å². The van der Waals surface area contributed by atoms with Crippen molar-refractivity contribution in [2.24, 2.45) is 0 Å². The molecule has 0 radical (unpaired) electrons. The molecule has 0 saturated heterocycles. The van der Waals surface area contributed by atoms with Crippen molar-refractivity contribution >= 4 is 5.91 Å². The van der Waals surface area contributed by atoms with Gasteiger partial charge < -0.3 is 10.0 Å². The summed E-state index contributed by atoms with van der Waals surface area (Å²) < 4.78 is 0. The van der Waals surface area contributed by atoms with Gasteiger partial charge in [-0.1, -0.05) is 0 Å². The zero-order valence-electron chi connectivity index (χ0n) is 11.2. The van der Waals surface area contributed by atoms with Crippen molar-refractivity contribution in [1.82, 2.24) is 9.80 Å². The topological polar surface area (TPSA) is 43.8 Å². The second-order valence-electron chi connectivity index (χ2n) is 4.30. The lowest BCUT2D eigenvalue weighted by molar-refractivity contribution is -0.135. The monoisotopic (exact) mass is 230 g/mol. The lowest BCUT2D eigenvalue weighted by atomic mass is 10.2. The van der Waals surface area contributed by atoms with Gasteiger partial charge in [0.1, 0.15) is 0 Å². The molecule has 2 unspecified atom stereocenters. The summed E-state index contributed by atoms with van der Waals surface area (Å²) in [6.45, 7) is 9.92. The van der Waals surface area contributed by atoms with Crippen molar-refractivity contribution in [3.63, 3.8) is 0 Å². The molecule has 1 N–H and O–H groups in total. The molecule has 0 aliphatic carbocycles. The first-order chi connectivity index (χ1) is 7.43. The molecule has 16 heavy (non-hydrogen) atoms. The predicted octanol–water partition coefficient (Wildman–Crippen LogP) is 0.946. The molecule has 0 aliphatic rings. The zero-order chi connectivity index (χ0) is 12.7. The number of carbonyl (C=O) groups excluding carboxylic acids is 1. The van der Waals surface area contributed by atoms with Crippen LogP contribution >= 0.6 is 0 Å². The minimum atomic E-state index is -0.307. The molecule has 0 aliphatic heterocycles. The van der Waals surface area contributed by atoms with Crippen LogP contribution < -0.4 is 0 Å². The van der Waals surface area contributed by atoms with Gasteiger partial charge in [-0.3, -0.25) is 9.69 Å². The summed E-state index contributed by atoms with van der Waals surface area (Å²) in [5, 5.41) is 9.20. The third-order valence-electron chi connectivity index (χ3n) is 2.99. The van der Waals surface area contributed by atoms with Crippen LogP contribution in [-0.4, -0.2) is 59.6 Å². The Morgan fingerprint density at radius 3 is 2.12 bits per heavy atom. The number of hydrogen-bond donors (Lipinski definition) is 1. The third-order valence-corrected chi connectivity index (χ3v) is 2.99. The van der Waals surface area contributed by atoms with Gasteiger partial charge in [0.25, 0.3) is 0 Å². The van der Waals surface area contributed by atoms with Gasteiger partial charge in [-0.25, -0.2) is 0 Å². The van der Waals surface area contributed by atoms with Crippen LogP contribution in [0.15, 0.2) is 0 Å². The highest BCUT2D eigenvalue weighted by atomic mass is 16.3. The molecule has 4 nitrogen and oxygen atoms in total. The number of aliphatic hydroxyl groups is 1. The number of rotatable bonds is 7. The second kappa shape index (κ2) is 7.63. The van der Waals surface area contributed by atoms with Crippen LogP contribution in [-0.2, 0) is 4.79 Å². The van der Waals surface area contributed by atoms with Crippen molar-refractivity contribution in [2.45, 2.75) is 46.3 Å². The van der Waals surface area contributed by atoms with Crippen LogP contribution in [0.3, 0.4) is 0 Å². The highest BCUT2D eigenvalue weighted by Crippen LogP contribution is 2.04. The summed E-state index contributed by atoms with van der Waals surface area (Å²) >= 11 is 0. The van der Waals surface area contributed by atoms with E-state index in [4.69, 9.17) is 0 Å². The molecule has 0 rings (SSSR count). The van der Waals surface area contributed by atoms with Crippen molar-refractivity contribution in [1.29, 1.82) is 0 Å². The number of amides is 1. The maximum Gasteiger partial charge on any atom is 0.239 e. The van der Waals surface area contributed by atoms with Crippen LogP contribution in [0.5, 0.6) is 0 Å². The predicted molar refractivity (Wildman–Crippen MR) is 66.3 cm³/mol. The van der Waals surface area contributed by atoms with Gasteiger partial charge in [-0.15, -0.1) is 0 Å². The molecule has 1 amide bonds. The SMILES string of the molecule is CCN(CC)C(=O)C(C)N(C)CCC(C)O. The van der Waals surface area contributed by atoms with E-state index in [0.717, 1.165) is 19.6 Å². The van der Waals surface area contributed by atoms with E-state index in [2.05, 4.69) is 0 Å². The Labute approximate surface area is 99.2 Å². The van der Waals surface area contributed by atoms with E-state index < -0.39 is 0 Å². The summed E-state index contributed by atoms with van der Waals surface area (Å²) in [5.74, 6) is 0.165. The van der Waals surface area contributed by atoms with Gasteiger partial charge in [-0.05, 0) is 41.2 Å². The molecule has 0 saturated carbocycles. The van der Waals surface area contributed by atoms with Gasteiger partial charge in [-0.2, -0.15) is 0 Å². The normalized spacial score (nSPS) is 14.9. The van der Waals surface area contributed by atoms with Crippen molar-refractivity contribution in [3.8, 4) is 0 Å².